The quantitative estimate of drug-likeness (QED) is 0.195. The van der Waals surface area contributed by atoms with Crippen molar-refractivity contribution in [3.63, 3.8) is 0 Å². The van der Waals surface area contributed by atoms with E-state index in [1.165, 1.54) is 14.2 Å². The zero-order valence-electron chi connectivity index (χ0n) is 33.7. The molecule has 13 heteroatoms. The Kier molecular flexibility index (Phi) is 9.98. The predicted octanol–water partition coefficient (Wildman–Crippen LogP) is 6.73. The van der Waals surface area contributed by atoms with Gasteiger partial charge in [0, 0.05) is 30.4 Å². The van der Waals surface area contributed by atoms with E-state index in [-0.39, 0.29) is 53.2 Å². The number of fused-ring (bicyclic) bond motifs is 2. The maximum Gasteiger partial charge on any atom is 0.407 e. The molecule has 8 rings (SSSR count). The third kappa shape index (κ3) is 7.21. The van der Waals surface area contributed by atoms with Crippen LogP contribution in [-0.4, -0.2) is 93.9 Å². The van der Waals surface area contributed by atoms with Crippen LogP contribution in [0.25, 0.3) is 28.0 Å². The first kappa shape index (κ1) is 38.4. The maximum atomic E-state index is 13.9. The number of amides is 4. The Morgan fingerprint density at radius 3 is 1.91 bits per heavy atom. The number of allylic oxidation sites excluding steroid dienone is 1. The normalized spacial score (nSPS) is 26.6. The van der Waals surface area contributed by atoms with E-state index in [9.17, 15) is 19.2 Å². The Morgan fingerprint density at radius 2 is 1.33 bits per heavy atom. The summed E-state index contributed by atoms with van der Waals surface area (Å²) in [5.41, 5.74) is 7.31. The number of carbonyl (C=O) groups excluding carboxylic acids is 4. The lowest BCUT2D eigenvalue weighted by Crippen LogP contribution is -2.54. The van der Waals surface area contributed by atoms with Crippen molar-refractivity contribution >= 4 is 35.3 Å². The highest BCUT2D eigenvalue weighted by atomic mass is 16.5. The predicted molar refractivity (Wildman–Crippen MR) is 216 cm³/mol. The second kappa shape index (κ2) is 14.8. The van der Waals surface area contributed by atoms with Crippen LogP contribution in [-0.2, 0) is 19.1 Å². The first-order chi connectivity index (χ1) is 27.3. The molecule has 300 valence electrons. The SMILES string of the molecule is COC(=O)N[C@H](C(=O)N1[C@H]2C[C@@]2(C)C[C@H]1c1ncc(-c2ccc(-c3ccc(C4=CN=C([C@@H]5C[C@@H]6C[C@@H]6N5C(=O)[C@@H](NC(=O)OC)C(C)C)C4)cc3)cc2)[nH]1)C(C)C. The topological polar surface area (TPSA) is 158 Å². The molecule has 0 radical (unpaired) electrons. The molecule has 0 unspecified atom stereocenters. The molecular formula is C44H53N7O6. The van der Waals surface area contributed by atoms with Crippen LogP contribution in [0, 0.1) is 23.2 Å². The van der Waals surface area contributed by atoms with E-state index in [1.54, 1.807) is 0 Å². The second-order valence-electron chi connectivity index (χ2n) is 17.4. The van der Waals surface area contributed by atoms with E-state index in [1.807, 2.05) is 49.9 Å². The van der Waals surface area contributed by atoms with Crippen LogP contribution in [0.1, 0.15) is 84.2 Å². The molecule has 5 aliphatic rings. The molecule has 8 atom stereocenters. The van der Waals surface area contributed by atoms with Gasteiger partial charge in [0.05, 0.1) is 38.2 Å². The van der Waals surface area contributed by atoms with Crippen molar-refractivity contribution in [3.05, 3.63) is 72.3 Å². The van der Waals surface area contributed by atoms with Crippen LogP contribution >= 0.6 is 0 Å². The molecule has 1 aromatic heterocycles. The molecule has 57 heavy (non-hydrogen) atoms. The van der Waals surface area contributed by atoms with Crippen molar-refractivity contribution in [2.45, 2.75) is 103 Å². The number of hydrogen-bond donors (Lipinski definition) is 3. The number of alkyl carbamates (subject to hydrolysis) is 2. The molecule has 3 N–H and O–H groups in total. The number of nitrogens with zero attached hydrogens (tertiary/aromatic N) is 4. The van der Waals surface area contributed by atoms with Crippen molar-refractivity contribution in [3.8, 4) is 22.4 Å². The number of benzene rings is 2. The van der Waals surface area contributed by atoms with Gasteiger partial charge in [0.15, 0.2) is 0 Å². The number of carbonyl (C=O) groups is 4. The van der Waals surface area contributed by atoms with Crippen LogP contribution in [0.4, 0.5) is 9.59 Å². The summed E-state index contributed by atoms with van der Waals surface area (Å²) in [6.45, 7) is 9.93. The lowest BCUT2D eigenvalue weighted by atomic mass is 9.95. The lowest BCUT2D eigenvalue weighted by molar-refractivity contribution is -0.137. The zero-order chi connectivity index (χ0) is 40.3. The Bertz CT molecular complexity index is 2120. The molecule has 3 aromatic rings. The number of ether oxygens (including phenoxy) is 2. The minimum absolute atomic E-state index is 0.0433. The highest BCUT2D eigenvalue weighted by molar-refractivity contribution is 6.04. The van der Waals surface area contributed by atoms with Gasteiger partial charge < -0.3 is 34.9 Å². The fraction of sp³-hybridized carbons (Fsp3) is 0.500. The van der Waals surface area contributed by atoms with E-state index in [0.717, 1.165) is 70.7 Å². The molecule has 3 aliphatic heterocycles. The third-order valence-electron chi connectivity index (χ3n) is 12.9. The van der Waals surface area contributed by atoms with E-state index in [0.29, 0.717) is 12.3 Å². The summed E-state index contributed by atoms with van der Waals surface area (Å²) < 4.78 is 9.62. The number of likely N-dealkylation sites (tertiary alicyclic amines) is 2. The molecule has 0 spiro atoms. The van der Waals surface area contributed by atoms with Gasteiger partial charge in [-0.25, -0.2) is 14.6 Å². The van der Waals surface area contributed by atoms with E-state index < -0.39 is 24.3 Å². The summed E-state index contributed by atoms with van der Waals surface area (Å²) in [6, 6.07) is 15.6. The number of aromatic amines is 1. The molecule has 4 heterocycles. The van der Waals surface area contributed by atoms with Crippen molar-refractivity contribution in [2.24, 2.45) is 28.2 Å². The smallest absolute Gasteiger partial charge is 0.407 e. The first-order valence-corrected chi connectivity index (χ1v) is 20.1. The molecule has 2 saturated heterocycles. The molecule has 2 aliphatic carbocycles. The number of aromatic nitrogens is 2. The molecule has 4 amide bonds. The number of piperidine rings is 2. The summed E-state index contributed by atoms with van der Waals surface area (Å²) in [5, 5.41) is 5.50. The van der Waals surface area contributed by atoms with E-state index in [4.69, 9.17) is 19.5 Å². The van der Waals surface area contributed by atoms with Crippen molar-refractivity contribution in [2.75, 3.05) is 14.2 Å². The van der Waals surface area contributed by atoms with Gasteiger partial charge in [-0.05, 0) is 76.7 Å². The Morgan fingerprint density at radius 1 is 0.772 bits per heavy atom. The van der Waals surface area contributed by atoms with Crippen LogP contribution in [0.2, 0.25) is 0 Å². The summed E-state index contributed by atoms with van der Waals surface area (Å²) in [6.07, 6.45) is 6.90. The number of H-pyrrole nitrogens is 1. The number of aliphatic imine (C=N–C) groups is 1. The molecule has 4 fully saturated rings. The van der Waals surface area contributed by atoms with Gasteiger partial charge in [-0.15, -0.1) is 0 Å². The Hall–Kier alpha value is -5.46. The van der Waals surface area contributed by atoms with E-state index >= 15 is 0 Å². The van der Waals surface area contributed by atoms with Crippen LogP contribution in [0.5, 0.6) is 0 Å². The minimum Gasteiger partial charge on any atom is -0.453 e. The maximum absolute atomic E-state index is 13.9. The van der Waals surface area contributed by atoms with E-state index in [2.05, 4.69) is 71.1 Å². The largest absolute Gasteiger partial charge is 0.453 e. The number of rotatable bonds is 11. The summed E-state index contributed by atoms with van der Waals surface area (Å²) in [7, 11) is 2.61. The molecule has 2 saturated carbocycles. The minimum atomic E-state index is -0.688. The third-order valence-corrected chi connectivity index (χ3v) is 12.9. The lowest BCUT2D eigenvalue weighted by Gasteiger charge is -2.33. The molecular weight excluding hydrogens is 723 g/mol. The summed E-state index contributed by atoms with van der Waals surface area (Å²) in [5.74, 6) is 0.888. The monoisotopic (exact) mass is 775 g/mol. The standard InChI is InChI=1S/C44H53N7O6/c1-23(2)37(48-42(54)56-6)40(52)50-33-17-29(33)18-34(50)31-16-30(21-45-31)27-10-8-25(9-11-27)26-12-14-28(15-13-26)32-22-46-39(47-32)35-19-44(5)20-36(44)51(35)41(53)38(24(3)4)49-43(55)57-7/h8-15,21-24,29,33-38H,16-20H2,1-7H3,(H,46,47)(H,48,54)(H,49,55)/t29-,33-,34-,35-,36-,37-,38-,44+/m0/s1. The Balaban J connectivity index is 0.910. The van der Waals surface area contributed by atoms with Gasteiger partial charge in [-0.3, -0.25) is 14.6 Å². The van der Waals surface area contributed by atoms with Gasteiger partial charge in [0.1, 0.15) is 17.9 Å². The number of imidazole rings is 1. The highest BCUT2D eigenvalue weighted by Gasteiger charge is 2.64. The second-order valence-corrected chi connectivity index (χ2v) is 17.4. The van der Waals surface area contributed by atoms with Crippen LogP contribution in [0.15, 0.2) is 65.9 Å². The summed E-state index contributed by atoms with van der Waals surface area (Å²) in [4.78, 5) is 68.9. The van der Waals surface area contributed by atoms with Crippen molar-refractivity contribution < 1.29 is 28.7 Å². The van der Waals surface area contributed by atoms with Gasteiger partial charge in [-0.2, -0.15) is 0 Å². The van der Waals surface area contributed by atoms with Gasteiger partial charge in [0.2, 0.25) is 11.8 Å². The number of nitrogens with one attached hydrogen (secondary N) is 3. The van der Waals surface area contributed by atoms with Gasteiger partial charge in [0.25, 0.3) is 0 Å². The van der Waals surface area contributed by atoms with Crippen molar-refractivity contribution in [1.29, 1.82) is 0 Å². The highest BCUT2D eigenvalue weighted by Crippen LogP contribution is 2.63. The van der Waals surface area contributed by atoms with Crippen molar-refractivity contribution in [1.82, 2.24) is 30.4 Å². The fourth-order valence-corrected chi connectivity index (χ4v) is 9.32. The molecule has 13 nitrogen and oxygen atoms in total. The number of methoxy groups -OCH3 is 2. The molecule has 2 aromatic carbocycles. The molecule has 0 bridgehead atoms. The van der Waals surface area contributed by atoms with Crippen LogP contribution < -0.4 is 10.6 Å². The van der Waals surface area contributed by atoms with Gasteiger partial charge in [-0.1, -0.05) is 83.1 Å². The Labute approximate surface area is 333 Å². The van der Waals surface area contributed by atoms with Crippen LogP contribution in [0.3, 0.4) is 0 Å². The fourth-order valence-electron chi connectivity index (χ4n) is 9.32. The zero-order valence-corrected chi connectivity index (χ0v) is 33.7. The summed E-state index contributed by atoms with van der Waals surface area (Å²) >= 11 is 0. The number of hydrogen-bond acceptors (Lipinski definition) is 8. The average molecular weight is 776 g/mol. The van der Waals surface area contributed by atoms with Gasteiger partial charge >= 0.3 is 12.2 Å². The average Bonchev–Trinajstić information content (AvgIpc) is 3.71. The first-order valence-electron chi connectivity index (χ1n) is 20.1.